The van der Waals surface area contributed by atoms with E-state index in [2.05, 4.69) is 35.8 Å². The van der Waals surface area contributed by atoms with Crippen LogP contribution in [0.1, 0.15) is 23.0 Å². The summed E-state index contributed by atoms with van der Waals surface area (Å²) in [5, 5.41) is 19.5. The third kappa shape index (κ3) is 3.96. The third-order valence-corrected chi connectivity index (χ3v) is 4.46. The van der Waals surface area contributed by atoms with Crippen molar-refractivity contribution in [2.45, 2.75) is 6.92 Å². The molecule has 0 aliphatic rings. The van der Waals surface area contributed by atoms with Crippen LogP contribution in [0.2, 0.25) is 0 Å². The summed E-state index contributed by atoms with van der Waals surface area (Å²) in [6, 6.07) is 16.4. The van der Waals surface area contributed by atoms with Gasteiger partial charge in [0, 0.05) is 5.56 Å². The van der Waals surface area contributed by atoms with Gasteiger partial charge in [-0.15, -0.1) is 5.10 Å². The van der Waals surface area contributed by atoms with E-state index in [1.165, 1.54) is 4.68 Å². The number of ether oxygens (including phenoxy) is 1. The predicted octanol–water partition coefficient (Wildman–Crippen LogP) is 2.06. The molecule has 4 aromatic rings. The number of aromatic nitrogens is 5. The lowest BCUT2D eigenvalue weighted by atomic mass is 10.1. The number of hydrogen-bond acceptors (Lipinski definition) is 9. The van der Waals surface area contributed by atoms with Crippen molar-refractivity contribution in [1.29, 1.82) is 0 Å². The van der Waals surface area contributed by atoms with Crippen LogP contribution in [0.25, 0.3) is 17.1 Å². The third-order valence-electron chi connectivity index (χ3n) is 4.46. The first-order chi connectivity index (χ1) is 15.1. The molecule has 156 valence electrons. The summed E-state index contributed by atoms with van der Waals surface area (Å²) in [6.45, 7) is 1.78. The van der Waals surface area contributed by atoms with Crippen molar-refractivity contribution in [3.05, 3.63) is 65.9 Å². The first-order valence-corrected chi connectivity index (χ1v) is 9.17. The number of nitrogens with two attached hydrogens (primary N) is 1. The van der Waals surface area contributed by atoms with Crippen molar-refractivity contribution in [1.82, 2.24) is 30.7 Å². The quantitative estimate of drug-likeness (QED) is 0.357. The molecule has 0 saturated carbocycles. The van der Waals surface area contributed by atoms with Gasteiger partial charge >= 0.3 is 0 Å². The molecule has 11 nitrogen and oxygen atoms in total. The van der Waals surface area contributed by atoms with E-state index in [1.54, 1.807) is 14.0 Å². The maximum atomic E-state index is 12.9. The fourth-order valence-corrected chi connectivity index (χ4v) is 2.86. The predicted molar refractivity (Wildman–Crippen MR) is 112 cm³/mol. The van der Waals surface area contributed by atoms with E-state index in [9.17, 15) is 4.79 Å². The van der Waals surface area contributed by atoms with Gasteiger partial charge in [-0.2, -0.15) is 9.78 Å². The molecule has 0 fully saturated rings. The van der Waals surface area contributed by atoms with Crippen molar-refractivity contribution < 1.29 is 14.2 Å². The summed E-state index contributed by atoms with van der Waals surface area (Å²) >= 11 is 0. The molecule has 0 radical (unpaired) electrons. The molecule has 0 spiro atoms. The van der Waals surface area contributed by atoms with Gasteiger partial charge in [-0.05, 0) is 47.1 Å². The Hall–Kier alpha value is -4.54. The number of amides is 1. The summed E-state index contributed by atoms with van der Waals surface area (Å²) in [5.74, 6) is 0.324. The molecule has 4 rings (SSSR count). The molecule has 11 heteroatoms. The zero-order valence-corrected chi connectivity index (χ0v) is 16.7. The number of benzene rings is 2. The summed E-state index contributed by atoms with van der Waals surface area (Å²) in [4.78, 5) is 12.9. The Labute approximate surface area is 176 Å². The molecule has 2 aromatic heterocycles. The van der Waals surface area contributed by atoms with Crippen LogP contribution in [-0.4, -0.2) is 44.0 Å². The minimum Gasteiger partial charge on any atom is -0.497 e. The van der Waals surface area contributed by atoms with E-state index in [0.29, 0.717) is 17.0 Å². The molecule has 0 bridgehead atoms. The maximum Gasteiger partial charge on any atom is 0.294 e. The number of hydrazone groups is 1. The topological polar surface area (TPSA) is 146 Å². The molecule has 2 heterocycles. The summed E-state index contributed by atoms with van der Waals surface area (Å²) in [7, 11) is 1.59. The number of carbonyl (C=O) groups excluding carboxylic acids is 1. The van der Waals surface area contributed by atoms with Gasteiger partial charge in [-0.1, -0.05) is 35.5 Å². The summed E-state index contributed by atoms with van der Waals surface area (Å²) in [6.07, 6.45) is 0. The monoisotopic (exact) mass is 418 g/mol. The first kappa shape index (κ1) is 19.8. The molecule has 0 aliphatic carbocycles. The molecule has 2 aromatic carbocycles. The lowest BCUT2D eigenvalue weighted by Crippen LogP contribution is -2.21. The van der Waals surface area contributed by atoms with Crippen molar-refractivity contribution >= 4 is 17.4 Å². The average Bonchev–Trinajstić information content (AvgIpc) is 3.43. The largest absolute Gasteiger partial charge is 0.497 e. The van der Waals surface area contributed by atoms with E-state index >= 15 is 0 Å². The van der Waals surface area contributed by atoms with Gasteiger partial charge in [0.05, 0.1) is 12.8 Å². The van der Waals surface area contributed by atoms with Crippen LogP contribution in [0.4, 0.5) is 5.82 Å². The fraction of sp³-hybridized carbons (Fsp3) is 0.100. The highest BCUT2D eigenvalue weighted by Crippen LogP contribution is 2.26. The number of nitrogens with zero attached hydrogens (tertiary/aromatic N) is 6. The smallest absolute Gasteiger partial charge is 0.294 e. The van der Waals surface area contributed by atoms with E-state index in [-0.39, 0.29) is 17.3 Å². The van der Waals surface area contributed by atoms with Crippen LogP contribution < -0.4 is 15.9 Å². The Morgan fingerprint density at radius 2 is 1.87 bits per heavy atom. The van der Waals surface area contributed by atoms with E-state index in [0.717, 1.165) is 11.3 Å². The van der Waals surface area contributed by atoms with Crippen molar-refractivity contribution in [3.8, 4) is 22.8 Å². The summed E-state index contributed by atoms with van der Waals surface area (Å²) in [5.41, 5.74) is 10.8. The van der Waals surface area contributed by atoms with Gasteiger partial charge in [-0.3, -0.25) is 4.79 Å². The zero-order valence-electron chi connectivity index (χ0n) is 16.7. The molecule has 0 saturated heterocycles. The number of anilines is 1. The fourth-order valence-electron chi connectivity index (χ4n) is 2.86. The Kier molecular flexibility index (Phi) is 5.39. The van der Waals surface area contributed by atoms with Crippen LogP contribution in [0.5, 0.6) is 5.75 Å². The van der Waals surface area contributed by atoms with E-state index < -0.39 is 5.91 Å². The molecular weight excluding hydrogens is 400 g/mol. The second kappa shape index (κ2) is 8.45. The van der Waals surface area contributed by atoms with Crippen LogP contribution in [0.15, 0.2) is 64.3 Å². The zero-order chi connectivity index (χ0) is 21.8. The van der Waals surface area contributed by atoms with Gasteiger partial charge in [0.15, 0.2) is 5.69 Å². The number of nitrogens with one attached hydrogen (secondary N) is 1. The van der Waals surface area contributed by atoms with Gasteiger partial charge < -0.3 is 10.5 Å². The van der Waals surface area contributed by atoms with Crippen molar-refractivity contribution in [3.63, 3.8) is 0 Å². The Morgan fingerprint density at radius 1 is 1.13 bits per heavy atom. The number of hydrogen-bond donors (Lipinski definition) is 2. The van der Waals surface area contributed by atoms with Gasteiger partial charge in [-0.25, -0.2) is 10.1 Å². The van der Waals surface area contributed by atoms with Gasteiger partial charge in [0.2, 0.25) is 11.6 Å². The normalized spacial score (nSPS) is 11.4. The van der Waals surface area contributed by atoms with E-state index in [4.69, 9.17) is 10.5 Å². The van der Waals surface area contributed by atoms with Crippen molar-refractivity contribution in [2.75, 3.05) is 12.8 Å². The Balaban J connectivity index is 1.66. The Morgan fingerprint density at radius 3 is 2.52 bits per heavy atom. The lowest BCUT2D eigenvalue weighted by molar-refractivity contribution is 0.0950. The molecule has 31 heavy (non-hydrogen) atoms. The Bertz CT molecular complexity index is 1230. The standard InChI is InChI=1S/C20H18N8O3/c1-12(13-8-10-15(30-2)11-9-13)22-24-20(29)16-17(14-6-4-3-5-7-14)28(27-23-16)19-18(21)25-31-26-19/h3-11H,1-2H3,(H2,21,25)(H,24,29)/b22-12-. The highest BCUT2D eigenvalue weighted by atomic mass is 16.6. The number of rotatable bonds is 6. The minimum atomic E-state index is -0.548. The number of nitrogen functional groups attached to an aromatic ring is 1. The highest BCUT2D eigenvalue weighted by molar-refractivity contribution is 6.02. The maximum absolute atomic E-state index is 12.9. The highest BCUT2D eigenvalue weighted by Gasteiger charge is 2.25. The molecule has 3 N–H and O–H groups in total. The van der Waals surface area contributed by atoms with Crippen LogP contribution >= 0.6 is 0 Å². The van der Waals surface area contributed by atoms with Crippen LogP contribution in [0.3, 0.4) is 0 Å². The van der Waals surface area contributed by atoms with E-state index in [1.807, 2.05) is 54.6 Å². The molecular formula is C20H18N8O3. The molecule has 0 unspecified atom stereocenters. The van der Waals surface area contributed by atoms with Crippen LogP contribution in [-0.2, 0) is 0 Å². The second-order valence-electron chi connectivity index (χ2n) is 6.40. The second-order valence-corrected chi connectivity index (χ2v) is 6.40. The SMILES string of the molecule is COc1ccc(/C(C)=N\NC(=O)c2nnn(-c3nonc3N)c2-c2ccccc2)cc1. The number of carbonyl (C=O) groups is 1. The van der Waals surface area contributed by atoms with Crippen LogP contribution in [0, 0.1) is 0 Å². The molecule has 0 atom stereocenters. The van der Waals surface area contributed by atoms with Crippen molar-refractivity contribution in [2.24, 2.45) is 5.10 Å². The number of methoxy groups -OCH3 is 1. The summed E-state index contributed by atoms with van der Waals surface area (Å²) < 4.78 is 11.1. The molecule has 0 aliphatic heterocycles. The molecule has 1 amide bonds. The average molecular weight is 418 g/mol. The minimum absolute atomic E-state index is 0.0161. The van der Waals surface area contributed by atoms with Gasteiger partial charge in [0.25, 0.3) is 5.91 Å². The van der Waals surface area contributed by atoms with Gasteiger partial charge in [0.1, 0.15) is 11.4 Å². The first-order valence-electron chi connectivity index (χ1n) is 9.17. The lowest BCUT2D eigenvalue weighted by Gasteiger charge is -2.06.